The van der Waals surface area contributed by atoms with Gasteiger partial charge in [0, 0.05) is 19.1 Å². The number of rotatable bonds is 3. The minimum Gasteiger partial charge on any atom is -0.477 e. The lowest BCUT2D eigenvalue weighted by atomic mass is 10.1. The quantitative estimate of drug-likeness (QED) is 0.698. The summed E-state index contributed by atoms with van der Waals surface area (Å²) in [7, 11) is 0. The number of amides is 2. The van der Waals surface area contributed by atoms with Gasteiger partial charge < -0.3 is 5.11 Å². The summed E-state index contributed by atoms with van der Waals surface area (Å²) in [4.78, 5) is 36.5. The highest BCUT2D eigenvalue weighted by Crippen LogP contribution is 2.36. The van der Waals surface area contributed by atoms with Gasteiger partial charge in [-0.15, -0.1) is 0 Å². The normalized spacial score (nSPS) is 18.6. The molecule has 1 aliphatic rings. The van der Waals surface area contributed by atoms with Crippen LogP contribution in [0, 0.1) is 0 Å². The summed E-state index contributed by atoms with van der Waals surface area (Å²) in [6.45, 7) is 1.42. The number of hydrogen-bond acceptors (Lipinski definition) is 3. The van der Waals surface area contributed by atoms with E-state index in [0.29, 0.717) is 5.69 Å². The second-order valence-electron chi connectivity index (χ2n) is 5.56. The first-order valence-corrected chi connectivity index (χ1v) is 7.15. The summed E-state index contributed by atoms with van der Waals surface area (Å²) >= 11 is 0. The Hall–Kier alpha value is -2.53. The number of benzene rings is 2. The Labute approximate surface area is 127 Å². The topological polar surface area (TPSA) is 71.4 Å². The summed E-state index contributed by atoms with van der Waals surface area (Å²) < 4.78 is -0.722. The number of likely N-dealkylation sites (tertiary alicyclic amines) is 1. The van der Waals surface area contributed by atoms with Crippen LogP contribution in [0.2, 0.25) is 0 Å². The van der Waals surface area contributed by atoms with Crippen LogP contribution in [-0.2, 0) is 14.4 Å². The Morgan fingerprint density at radius 1 is 1.05 bits per heavy atom. The van der Waals surface area contributed by atoms with Crippen molar-refractivity contribution in [1.82, 2.24) is 4.48 Å². The molecule has 0 saturated carbocycles. The van der Waals surface area contributed by atoms with Gasteiger partial charge in [0.25, 0.3) is 0 Å². The van der Waals surface area contributed by atoms with Crippen molar-refractivity contribution in [3.8, 4) is 0 Å². The van der Waals surface area contributed by atoms with E-state index in [-0.39, 0.29) is 24.7 Å². The van der Waals surface area contributed by atoms with Gasteiger partial charge >= 0.3 is 17.8 Å². The number of nitrogens with zero attached hydrogens (tertiary/aromatic N) is 1. The zero-order valence-electron chi connectivity index (χ0n) is 12.2. The van der Waals surface area contributed by atoms with E-state index in [1.807, 2.05) is 30.3 Å². The summed E-state index contributed by atoms with van der Waals surface area (Å²) in [5.41, 5.74) is 0.432. The molecule has 1 heterocycles. The lowest BCUT2D eigenvalue weighted by Crippen LogP contribution is -2.62. The SMILES string of the molecule is C[C@@H](C(=O)O)[N+]1(c2ccc3ccccc3c2)C(=O)CCC1=O. The predicted molar refractivity (Wildman–Crippen MR) is 82.1 cm³/mol. The van der Waals surface area contributed by atoms with Crippen LogP contribution in [0.3, 0.4) is 0 Å². The number of carboxylic acids is 1. The summed E-state index contributed by atoms with van der Waals surface area (Å²) in [6.07, 6.45) is 0.173. The maximum absolute atomic E-state index is 12.5. The molecule has 2 aromatic rings. The van der Waals surface area contributed by atoms with Crippen molar-refractivity contribution >= 4 is 34.2 Å². The number of aliphatic carboxylic acids is 1. The number of carbonyl (C=O) groups excluding carboxylic acids is 2. The largest absolute Gasteiger partial charge is 0.477 e. The highest BCUT2D eigenvalue weighted by Gasteiger charge is 2.57. The number of quaternary nitrogens is 1. The number of imide groups is 1. The second-order valence-corrected chi connectivity index (χ2v) is 5.56. The number of fused-ring (bicyclic) bond motifs is 1. The first kappa shape index (κ1) is 14.4. The first-order chi connectivity index (χ1) is 10.5. The molecule has 1 N–H and O–H groups in total. The Balaban J connectivity index is 2.26. The van der Waals surface area contributed by atoms with Gasteiger partial charge in [0.2, 0.25) is 6.04 Å². The van der Waals surface area contributed by atoms with Gasteiger partial charge in [-0.05, 0) is 16.8 Å². The second kappa shape index (κ2) is 5.03. The van der Waals surface area contributed by atoms with Crippen LogP contribution in [0.25, 0.3) is 10.8 Å². The lowest BCUT2D eigenvalue weighted by molar-refractivity contribution is -0.152. The minimum absolute atomic E-state index is 0.0866. The highest BCUT2D eigenvalue weighted by molar-refractivity contribution is 6.17. The fourth-order valence-corrected chi connectivity index (χ4v) is 3.21. The van der Waals surface area contributed by atoms with Crippen LogP contribution in [0.4, 0.5) is 5.69 Å². The molecule has 1 atom stereocenters. The zero-order chi connectivity index (χ0) is 15.9. The average Bonchev–Trinajstić information content (AvgIpc) is 2.82. The van der Waals surface area contributed by atoms with Gasteiger partial charge in [-0.3, -0.25) is 0 Å². The molecule has 3 rings (SSSR count). The van der Waals surface area contributed by atoms with Crippen LogP contribution in [0.5, 0.6) is 0 Å². The molecule has 0 unspecified atom stereocenters. The van der Waals surface area contributed by atoms with E-state index in [2.05, 4.69) is 0 Å². The summed E-state index contributed by atoms with van der Waals surface area (Å²) in [5, 5.41) is 11.3. The Morgan fingerprint density at radius 2 is 1.64 bits per heavy atom. The first-order valence-electron chi connectivity index (χ1n) is 7.15. The van der Waals surface area contributed by atoms with Crippen molar-refractivity contribution in [2.24, 2.45) is 0 Å². The molecule has 5 heteroatoms. The molecule has 1 fully saturated rings. The minimum atomic E-state index is -1.16. The van der Waals surface area contributed by atoms with Crippen molar-refractivity contribution in [3.05, 3.63) is 42.5 Å². The Kier molecular flexibility index (Phi) is 3.30. The molecular weight excluding hydrogens is 282 g/mol. The van der Waals surface area contributed by atoms with Crippen molar-refractivity contribution < 1.29 is 19.5 Å². The smallest absolute Gasteiger partial charge is 0.363 e. The molecule has 1 aliphatic heterocycles. The molecule has 2 aromatic carbocycles. The van der Waals surface area contributed by atoms with Gasteiger partial charge in [0.1, 0.15) is 5.69 Å². The molecule has 0 bridgehead atoms. The molecule has 112 valence electrons. The van der Waals surface area contributed by atoms with E-state index < -0.39 is 16.5 Å². The van der Waals surface area contributed by atoms with Crippen LogP contribution >= 0.6 is 0 Å². The average molecular weight is 298 g/mol. The van der Waals surface area contributed by atoms with Crippen LogP contribution in [-0.4, -0.2) is 28.9 Å². The third kappa shape index (κ3) is 1.86. The number of carbonyl (C=O) groups is 3. The third-order valence-corrected chi connectivity index (χ3v) is 4.42. The zero-order valence-corrected chi connectivity index (χ0v) is 12.2. The number of carboxylic acid groups (broad SMARTS) is 1. The van der Waals surface area contributed by atoms with E-state index in [0.717, 1.165) is 10.8 Å². The summed E-state index contributed by atoms with van der Waals surface area (Å²) in [6, 6.07) is 11.7. The van der Waals surface area contributed by atoms with Gasteiger partial charge in [0.15, 0.2) is 0 Å². The molecule has 1 saturated heterocycles. The fraction of sp³-hybridized carbons (Fsp3) is 0.235. The molecule has 0 spiro atoms. The van der Waals surface area contributed by atoms with Gasteiger partial charge in [-0.2, -0.15) is 4.48 Å². The fourth-order valence-electron chi connectivity index (χ4n) is 3.21. The van der Waals surface area contributed by atoms with E-state index in [9.17, 15) is 19.5 Å². The van der Waals surface area contributed by atoms with E-state index in [1.54, 1.807) is 12.1 Å². The molecular formula is C17H16NO4+. The van der Waals surface area contributed by atoms with Gasteiger partial charge in [-0.1, -0.05) is 24.3 Å². The number of hydrogen-bond donors (Lipinski definition) is 1. The molecule has 0 radical (unpaired) electrons. The molecule has 0 aromatic heterocycles. The van der Waals surface area contributed by atoms with Crippen molar-refractivity contribution in [2.75, 3.05) is 0 Å². The molecule has 5 nitrogen and oxygen atoms in total. The van der Waals surface area contributed by atoms with Crippen LogP contribution in [0.1, 0.15) is 19.8 Å². The maximum Gasteiger partial charge on any atom is 0.363 e. The predicted octanol–water partition coefficient (Wildman–Crippen LogP) is 2.47. The standard InChI is InChI=1S/C17H15NO4/c1-11(17(21)22)18(15(19)8-9-16(18)20)14-7-6-12-4-2-3-5-13(12)10-14/h2-7,10-11H,8-9H2,1H3/p+1/t11-/m0/s1. The van der Waals surface area contributed by atoms with Crippen LogP contribution in [0.15, 0.2) is 42.5 Å². The Morgan fingerprint density at radius 3 is 2.23 bits per heavy atom. The van der Waals surface area contributed by atoms with Crippen LogP contribution < -0.4 is 4.48 Å². The van der Waals surface area contributed by atoms with Gasteiger partial charge in [-0.25, -0.2) is 14.4 Å². The molecule has 0 aliphatic carbocycles. The molecule has 22 heavy (non-hydrogen) atoms. The monoisotopic (exact) mass is 298 g/mol. The molecule has 2 amide bonds. The van der Waals surface area contributed by atoms with E-state index >= 15 is 0 Å². The Bertz CT molecular complexity index is 780. The van der Waals surface area contributed by atoms with Gasteiger partial charge in [0.05, 0.1) is 12.8 Å². The van der Waals surface area contributed by atoms with E-state index in [1.165, 1.54) is 6.92 Å². The van der Waals surface area contributed by atoms with Crippen molar-refractivity contribution in [2.45, 2.75) is 25.8 Å². The lowest BCUT2D eigenvalue weighted by Gasteiger charge is -2.32. The summed E-state index contributed by atoms with van der Waals surface area (Å²) in [5.74, 6) is -1.86. The maximum atomic E-state index is 12.5. The highest BCUT2D eigenvalue weighted by atomic mass is 16.4. The van der Waals surface area contributed by atoms with Crippen molar-refractivity contribution in [3.63, 3.8) is 0 Å². The third-order valence-electron chi connectivity index (χ3n) is 4.42. The van der Waals surface area contributed by atoms with E-state index in [4.69, 9.17) is 0 Å². The van der Waals surface area contributed by atoms with Crippen molar-refractivity contribution in [1.29, 1.82) is 0 Å².